The standard InChI is InChI=1S/C13H12N2O/c1-2-3-6-9-15-13(16)12-8-5-4-7-11(12)10-14-15/h1,4-5,7-8,10H,3,6,9H2. The van der Waals surface area contributed by atoms with E-state index in [0.717, 1.165) is 11.8 Å². The second-order valence-electron chi connectivity index (χ2n) is 3.57. The van der Waals surface area contributed by atoms with Crippen molar-refractivity contribution in [2.45, 2.75) is 19.4 Å². The van der Waals surface area contributed by atoms with E-state index in [0.29, 0.717) is 18.4 Å². The molecular formula is C13H12N2O. The van der Waals surface area contributed by atoms with Crippen LogP contribution in [0.4, 0.5) is 0 Å². The highest BCUT2D eigenvalue weighted by molar-refractivity contribution is 5.80. The van der Waals surface area contributed by atoms with E-state index in [9.17, 15) is 4.79 Å². The van der Waals surface area contributed by atoms with Crippen LogP contribution in [0.15, 0.2) is 35.3 Å². The van der Waals surface area contributed by atoms with Crippen LogP contribution in [-0.4, -0.2) is 9.78 Å². The minimum absolute atomic E-state index is 0.0462. The van der Waals surface area contributed by atoms with Crippen LogP contribution in [-0.2, 0) is 6.54 Å². The number of aromatic nitrogens is 2. The SMILES string of the molecule is C#CCCCn1ncc2ccccc2c1=O. The Morgan fingerprint density at radius 3 is 3.00 bits per heavy atom. The molecule has 3 nitrogen and oxygen atoms in total. The van der Waals surface area contributed by atoms with Crippen molar-refractivity contribution in [3.63, 3.8) is 0 Å². The van der Waals surface area contributed by atoms with E-state index in [1.807, 2.05) is 24.3 Å². The maximum absolute atomic E-state index is 12.0. The molecule has 3 heteroatoms. The quantitative estimate of drug-likeness (QED) is 0.574. The zero-order valence-electron chi connectivity index (χ0n) is 8.89. The predicted molar refractivity (Wildman–Crippen MR) is 64.1 cm³/mol. The minimum Gasteiger partial charge on any atom is -0.267 e. The lowest BCUT2D eigenvalue weighted by Crippen LogP contribution is -2.22. The number of rotatable bonds is 3. The van der Waals surface area contributed by atoms with Gasteiger partial charge in [-0.2, -0.15) is 5.10 Å². The van der Waals surface area contributed by atoms with Gasteiger partial charge in [0.05, 0.1) is 11.6 Å². The molecule has 0 aliphatic heterocycles. The van der Waals surface area contributed by atoms with Gasteiger partial charge in [-0.1, -0.05) is 18.2 Å². The summed E-state index contributed by atoms with van der Waals surface area (Å²) in [7, 11) is 0. The van der Waals surface area contributed by atoms with Crippen LogP contribution >= 0.6 is 0 Å². The maximum Gasteiger partial charge on any atom is 0.274 e. The van der Waals surface area contributed by atoms with Crippen LogP contribution in [0.25, 0.3) is 10.8 Å². The van der Waals surface area contributed by atoms with Gasteiger partial charge in [-0.15, -0.1) is 12.3 Å². The molecule has 2 rings (SSSR count). The summed E-state index contributed by atoms with van der Waals surface area (Å²) in [5.41, 5.74) is -0.0462. The van der Waals surface area contributed by atoms with Crippen LogP contribution < -0.4 is 5.56 Å². The first-order chi connectivity index (χ1) is 7.83. The lowest BCUT2D eigenvalue weighted by molar-refractivity contribution is 0.560. The molecule has 0 unspecified atom stereocenters. The summed E-state index contributed by atoms with van der Waals surface area (Å²) < 4.78 is 1.47. The molecule has 16 heavy (non-hydrogen) atoms. The number of nitrogens with zero attached hydrogens (tertiary/aromatic N) is 2. The molecule has 0 atom stereocenters. The fourth-order valence-electron chi connectivity index (χ4n) is 1.62. The Labute approximate surface area is 93.7 Å². The van der Waals surface area contributed by atoms with Crippen molar-refractivity contribution in [2.24, 2.45) is 0 Å². The first-order valence-corrected chi connectivity index (χ1v) is 5.21. The van der Waals surface area contributed by atoms with Gasteiger partial charge in [0.15, 0.2) is 0 Å². The first-order valence-electron chi connectivity index (χ1n) is 5.21. The summed E-state index contributed by atoms with van der Waals surface area (Å²) in [6, 6.07) is 7.45. The Hall–Kier alpha value is -2.08. The number of unbranched alkanes of at least 4 members (excludes halogenated alkanes) is 1. The van der Waals surface area contributed by atoms with E-state index in [1.54, 1.807) is 6.20 Å². The zero-order chi connectivity index (χ0) is 11.4. The van der Waals surface area contributed by atoms with Crippen molar-refractivity contribution in [3.8, 4) is 12.3 Å². The Bertz CT molecular complexity index is 593. The van der Waals surface area contributed by atoms with Crippen molar-refractivity contribution in [3.05, 3.63) is 40.8 Å². The zero-order valence-corrected chi connectivity index (χ0v) is 8.89. The fourth-order valence-corrected chi connectivity index (χ4v) is 1.62. The third-order valence-corrected chi connectivity index (χ3v) is 2.45. The molecule has 0 fully saturated rings. The molecule has 1 aromatic heterocycles. The fraction of sp³-hybridized carbons (Fsp3) is 0.231. The predicted octanol–water partition coefficient (Wildman–Crippen LogP) is 1.81. The molecule has 0 spiro atoms. The molecule has 0 bridgehead atoms. The van der Waals surface area contributed by atoms with Gasteiger partial charge >= 0.3 is 0 Å². The molecule has 0 saturated heterocycles. The third kappa shape index (κ3) is 1.96. The monoisotopic (exact) mass is 212 g/mol. The van der Waals surface area contributed by atoms with E-state index in [4.69, 9.17) is 6.42 Å². The van der Waals surface area contributed by atoms with Gasteiger partial charge in [-0.05, 0) is 12.5 Å². The molecule has 0 N–H and O–H groups in total. The second kappa shape index (κ2) is 4.63. The minimum atomic E-state index is -0.0462. The van der Waals surface area contributed by atoms with E-state index >= 15 is 0 Å². The summed E-state index contributed by atoms with van der Waals surface area (Å²) in [4.78, 5) is 12.0. The van der Waals surface area contributed by atoms with Gasteiger partial charge in [-0.25, -0.2) is 4.68 Å². The Kier molecular flexibility index (Phi) is 3.02. The Balaban J connectivity index is 2.38. The first kappa shape index (κ1) is 10.4. The average Bonchev–Trinajstić information content (AvgIpc) is 2.33. The lowest BCUT2D eigenvalue weighted by Gasteiger charge is -2.04. The summed E-state index contributed by atoms with van der Waals surface area (Å²) in [6.45, 7) is 0.577. The van der Waals surface area contributed by atoms with Gasteiger partial charge in [0, 0.05) is 18.4 Å². The molecule has 0 radical (unpaired) electrons. The Morgan fingerprint density at radius 2 is 2.19 bits per heavy atom. The molecule has 0 saturated carbocycles. The topological polar surface area (TPSA) is 34.9 Å². The molecule has 0 aliphatic carbocycles. The normalized spacial score (nSPS) is 10.2. The Morgan fingerprint density at radius 1 is 1.38 bits per heavy atom. The van der Waals surface area contributed by atoms with E-state index in [-0.39, 0.29) is 5.56 Å². The molecule has 1 heterocycles. The molecule has 2 aromatic rings. The molecule has 1 aromatic carbocycles. The lowest BCUT2D eigenvalue weighted by atomic mass is 10.2. The van der Waals surface area contributed by atoms with E-state index < -0.39 is 0 Å². The van der Waals surface area contributed by atoms with Crippen molar-refractivity contribution in [1.82, 2.24) is 9.78 Å². The van der Waals surface area contributed by atoms with Gasteiger partial charge < -0.3 is 0 Å². The number of fused-ring (bicyclic) bond motifs is 1. The summed E-state index contributed by atoms with van der Waals surface area (Å²) in [5, 5.41) is 5.70. The van der Waals surface area contributed by atoms with Crippen LogP contribution in [0.3, 0.4) is 0 Å². The largest absolute Gasteiger partial charge is 0.274 e. The molecule has 80 valence electrons. The number of hydrogen-bond donors (Lipinski definition) is 0. The highest BCUT2D eigenvalue weighted by Gasteiger charge is 2.02. The number of benzene rings is 1. The smallest absolute Gasteiger partial charge is 0.267 e. The van der Waals surface area contributed by atoms with Crippen LogP contribution in [0.2, 0.25) is 0 Å². The van der Waals surface area contributed by atoms with Crippen molar-refractivity contribution in [1.29, 1.82) is 0 Å². The maximum atomic E-state index is 12.0. The van der Waals surface area contributed by atoms with E-state index in [2.05, 4.69) is 11.0 Å². The van der Waals surface area contributed by atoms with Gasteiger partial charge in [0.1, 0.15) is 0 Å². The third-order valence-electron chi connectivity index (χ3n) is 2.45. The van der Waals surface area contributed by atoms with Gasteiger partial charge in [-0.3, -0.25) is 4.79 Å². The number of terminal acetylenes is 1. The average molecular weight is 212 g/mol. The summed E-state index contributed by atoms with van der Waals surface area (Å²) >= 11 is 0. The van der Waals surface area contributed by atoms with Crippen LogP contribution in [0, 0.1) is 12.3 Å². The number of aryl methyl sites for hydroxylation is 1. The highest BCUT2D eigenvalue weighted by atomic mass is 16.1. The van der Waals surface area contributed by atoms with Crippen LogP contribution in [0.5, 0.6) is 0 Å². The number of hydrogen-bond acceptors (Lipinski definition) is 2. The van der Waals surface area contributed by atoms with E-state index in [1.165, 1.54) is 4.68 Å². The second-order valence-corrected chi connectivity index (χ2v) is 3.57. The van der Waals surface area contributed by atoms with Crippen LogP contribution in [0.1, 0.15) is 12.8 Å². The molecule has 0 amide bonds. The van der Waals surface area contributed by atoms with Crippen molar-refractivity contribution < 1.29 is 0 Å². The summed E-state index contributed by atoms with van der Waals surface area (Å²) in [5.74, 6) is 2.55. The molecule has 0 aliphatic rings. The summed E-state index contributed by atoms with van der Waals surface area (Å²) in [6.07, 6.45) is 8.33. The molecular weight excluding hydrogens is 200 g/mol. The highest BCUT2D eigenvalue weighted by Crippen LogP contribution is 2.06. The van der Waals surface area contributed by atoms with Gasteiger partial charge in [0.2, 0.25) is 0 Å². The van der Waals surface area contributed by atoms with Crippen molar-refractivity contribution >= 4 is 10.8 Å². The van der Waals surface area contributed by atoms with Crippen molar-refractivity contribution in [2.75, 3.05) is 0 Å². The van der Waals surface area contributed by atoms with Gasteiger partial charge in [0.25, 0.3) is 5.56 Å².